The van der Waals surface area contributed by atoms with Gasteiger partial charge in [-0.05, 0) is 196 Å². The van der Waals surface area contributed by atoms with Gasteiger partial charge in [-0.3, -0.25) is 0 Å². The van der Waals surface area contributed by atoms with E-state index in [-0.39, 0.29) is 0 Å². The van der Waals surface area contributed by atoms with E-state index in [1.54, 1.807) is 0 Å². The molecule has 0 bridgehead atoms. The van der Waals surface area contributed by atoms with Crippen LogP contribution in [0.25, 0.3) is 89.0 Å². The summed E-state index contributed by atoms with van der Waals surface area (Å²) in [6.45, 7) is 33.2. The molecule has 2 aliphatic carbocycles. The molecule has 0 atom stereocenters. The third-order valence-corrected chi connectivity index (χ3v) is 17.4. The predicted molar refractivity (Wildman–Crippen MR) is 391 cm³/mol. The van der Waals surface area contributed by atoms with Crippen LogP contribution in [0.15, 0.2) is 298 Å². The number of benzene rings is 9. The Morgan fingerprint density at radius 1 is 0.348 bits per heavy atom. The van der Waals surface area contributed by atoms with Crippen LogP contribution in [0, 0.1) is 41.5 Å². The van der Waals surface area contributed by atoms with Crippen molar-refractivity contribution in [3.63, 3.8) is 0 Å². The van der Waals surface area contributed by atoms with Gasteiger partial charge in [-0.1, -0.05) is 176 Å². The Balaban J connectivity index is 0.000000149. The third-order valence-electron chi connectivity index (χ3n) is 17.4. The monoisotopic (exact) mass is 1150 g/mol. The third kappa shape index (κ3) is 14.2. The quantitative estimate of drug-likeness (QED) is 0.0952. The van der Waals surface area contributed by atoms with E-state index in [0.29, 0.717) is 0 Å². The number of hydrogen-bond donors (Lipinski definition) is 0. The zero-order chi connectivity index (χ0) is 62.6. The second kappa shape index (κ2) is 28.7. The standard InChI is InChI=1S/C34H26.C28H30.C26H25B/c1-21-6-8-27-17-29-12-10-25(19-33(29)31(27)14-21)23-4-3-5-24(16-23)26-11-13-30-18-28-9-7-22(2)15-32(28)34(30)20-26;1-7-11-15-23(8-2)24(9-3)19-25(10-4)26-18-17-22(6)28(20-26)27-16-13-12-14-21(27)5;1-5-7-11-21(6-2)23-15-24(18-27-17-23)22-14-13-20(4)26(16-22)25-12-9-8-10-19(25)3/h3-16,19-20H,17-18H2,1-2H3;7-20H,2,4H2,1,3,5-6H3;5-18H,2H2,1,3-4H3/b;11-7-,23-15+,24-9+,25-19+;7-5-,21-11+. The van der Waals surface area contributed by atoms with Gasteiger partial charge < -0.3 is 0 Å². The minimum Gasteiger partial charge on any atom is -0.0984 e. The Labute approximate surface area is 532 Å². The molecular formula is C88H81B. The maximum atomic E-state index is 4.06. The summed E-state index contributed by atoms with van der Waals surface area (Å²) in [4.78, 5) is 0. The second-order valence-corrected chi connectivity index (χ2v) is 23.5. The molecule has 12 rings (SSSR count). The summed E-state index contributed by atoms with van der Waals surface area (Å²) < 4.78 is 0. The van der Waals surface area contributed by atoms with Gasteiger partial charge in [0.1, 0.15) is 0 Å². The van der Waals surface area contributed by atoms with Crippen LogP contribution >= 0.6 is 0 Å². The Morgan fingerprint density at radius 3 is 1.34 bits per heavy atom. The Bertz CT molecular complexity index is 4400. The molecular weight excluding hydrogens is 1070 g/mol. The number of aryl methyl sites for hydroxylation is 6. The molecule has 89 heavy (non-hydrogen) atoms. The second-order valence-electron chi connectivity index (χ2n) is 23.5. The van der Waals surface area contributed by atoms with Crippen LogP contribution in [0.2, 0.25) is 0 Å². The summed E-state index contributed by atoms with van der Waals surface area (Å²) in [5, 5.41) is 0. The molecule has 0 radical (unpaired) electrons. The van der Waals surface area contributed by atoms with Crippen LogP contribution in [0.3, 0.4) is 0 Å². The molecule has 1 aromatic heterocycles. The maximum Gasteiger partial charge on any atom is -0.00134 e. The van der Waals surface area contributed by atoms with Gasteiger partial charge in [-0.25, -0.2) is 0 Å². The van der Waals surface area contributed by atoms with Gasteiger partial charge in [0.2, 0.25) is 0 Å². The van der Waals surface area contributed by atoms with Crippen molar-refractivity contribution >= 4 is 18.1 Å². The van der Waals surface area contributed by atoms with Gasteiger partial charge in [-0.2, -0.15) is 0 Å². The zero-order valence-corrected chi connectivity index (χ0v) is 53.5. The van der Waals surface area contributed by atoms with Crippen LogP contribution < -0.4 is 0 Å². The molecule has 0 saturated carbocycles. The van der Waals surface area contributed by atoms with E-state index in [2.05, 4.69) is 292 Å². The van der Waals surface area contributed by atoms with Gasteiger partial charge in [0.15, 0.2) is 0 Å². The van der Waals surface area contributed by atoms with Crippen molar-refractivity contribution in [3.05, 3.63) is 364 Å². The smallest absolute Gasteiger partial charge is 0.00134 e. The number of rotatable bonds is 14. The fraction of sp³-hybridized carbons (Fsp3) is 0.125. The van der Waals surface area contributed by atoms with Crippen LogP contribution in [-0.4, -0.2) is 6.91 Å². The average molecular weight is 1150 g/mol. The van der Waals surface area contributed by atoms with E-state index in [4.69, 9.17) is 0 Å². The van der Waals surface area contributed by atoms with Crippen molar-refractivity contribution in [2.24, 2.45) is 0 Å². The van der Waals surface area contributed by atoms with E-state index >= 15 is 0 Å². The van der Waals surface area contributed by atoms with Crippen LogP contribution in [-0.2, 0) is 12.8 Å². The molecule has 0 amide bonds. The van der Waals surface area contributed by atoms with Crippen molar-refractivity contribution in [2.75, 3.05) is 0 Å². The predicted octanol–water partition coefficient (Wildman–Crippen LogP) is 24.1. The van der Waals surface area contributed by atoms with Crippen LogP contribution in [0.1, 0.15) is 87.5 Å². The zero-order valence-electron chi connectivity index (χ0n) is 53.5. The van der Waals surface area contributed by atoms with Crippen molar-refractivity contribution in [3.8, 4) is 77.9 Å². The van der Waals surface area contributed by atoms with Gasteiger partial charge >= 0.3 is 164 Å². The molecule has 1 heterocycles. The molecule has 0 N–H and O–H groups in total. The summed E-state index contributed by atoms with van der Waals surface area (Å²) in [5.74, 6) is 4.31. The first-order valence-corrected chi connectivity index (χ1v) is 31.2. The summed E-state index contributed by atoms with van der Waals surface area (Å²) in [7, 11) is 0. The summed E-state index contributed by atoms with van der Waals surface area (Å²) in [6, 6.07) is 69.4. The van der Waals surface area contributed by atoms with Gasteiger partial charge in [-0.15, -0.1) is 0 Å². The summed E-state index contributed by atoms with van der Waals surface area (Å²) >= 11 is 0. The number of hydrogen-bond acceptors (Lipinski definition) is 0. The first-order valence-electron chi connectivity index (χ1n) is 31.2. The Kier molecular flexibility index (Phi) is 20.0. The first-order chi connectivity index (χ1) is 43.3. The molecule has 0 spiro atoms. The Hall–Kier alpha value is -9.95. The molecule has 9 aromatic carbocycles. The van der Waals surface area contributed by atoms with Crippen molar-refractivity contribution in [1.82, 2.24) is 0 Å². The van der Waals surface area contributed by atoms with Crippen molar-refractivity contribution in [1.29, 1.82) is 0 Å². The van der Waals surface area contributed by atoms with E-state index in [0.717, 1.165) is 40.7 Å². The summed E-state index contributed by atoms with van der Waals surface area (Å²) in [6.07, 6.45) is 24.4. The molecule has 1 heteroatoms. The molecule has 0 aliphatic heterocycles. The molecule has 10 aromatic rings. The maximum absolute atomic E-state index is 4.06. The number of allylic oxidation sites excluding steroid dienone is 15. The largest absolute Gasteiger partial charge is 0.0984 e. The molecule has 0 nitrogen and oxygen atoms in total. The molecule has 436 valence electrons. The van der Waals surface area contributed by atoms with Crippen LogP contribution in [0.4, 0.5) is 0 Å². The van der Waals surface area contributed by atoms with E-state index in [9.17, 15) is 0 Å². The normalized spacial score (nSPS) is 12.5. The minimum atomic E-state index is 1.04. The summed E-state index contributed by atoms with van der Waals surface area (Å²) in [5.41, 5.74) is 38.6. The van der Waals surface area contributed by atoms with Crippen LogP contribution in [0.5, 0.6) is 0 Å². The van der Waals surface area contributed by atoms with E-state index in [1.807, 2.05) is 63.3 Å². The topological polar surface area (TPSA) is 0 Å². The minimum absolute atomic E-state index is 1.04. The molecule has 0 saturated heterocycles. The Morgan fingerprint density at radius 2 is 0.809 bits per heavy atom. The van der Waals surface area contributed by atoms with Crippen molar-refractivity contribution in [2.45, 2.75) is 75.2 Å². The van der Waals surface area contributed by atoms with Crippen molar-refractivity contribution < 1.29 is 0 Å². The van der Waals surface area contributed by atoms with Gasteiger partial charge in [0, 0.05) is 0 Å². The van der Waals surface area contributed by atoms with E-state index < -0.39 is 0 Å². The molecule has 0 fully saturated rings. The van der Waals surface area contributed by atoms with Gasteiger partial charge in [0.05, 0.1) is 0 Å². The first kappa shape index (κ1) is 62.1. The van der Waals surface area contributed by atoms with Gasteiger partial charge in [0.25, 0.3) is 0 Å². The fourth-order valence-corrected chi connectivity index (χ4v) is 12.3. The molecule has 0 unspecified atom stereocenters. The fourth-order valence-electron chi connectivity index (χ4n) is 12.3. The molecule has 2 aliphatic rings. The average Bonchev–Trinajstić information content (AvgIpc) is 2.19. The number of fused-ring (bicyclic) bond motifs is 6. The van der Waals surface area contributed by atoms with E-state index in [1.165, 1.54) is 139 Å². The SMILES string of the molecule is C=C/C(=C\C=C/C)c1cbcc(-c2ccc(C)c(-c3ccccc3C)c2)c1.C=CC(=C\C=C/C)/C(=C/C)/C=C(\C=C)c1ccc(C)c(-c2ccccc2C)c1.Cc1ccc2c(c1)-c1cc(-c3cccc(-c4ccc5c(c4)-c4cc(C)ccc4C5)c3)ccc1C2.